The molecular formula is C41H46N3O+. The molecule has 0 radical (unpaired) electrons. The summed E-state index contributed by atoms with van der Waals surface area (Å²) < 4.78 is 2.35. The Kier molecular flexibility index (Phi) is 8.26. The lowest BCUT2D eigenvalue weighted by atomic mass is 9.79. The number of anilines is 1. The van der Waals surface area contributed by atoms with E-state index in [2.05, 4.69) is 153 Å². The fourth-order valence-corrected chi connectivity index (χ4v) is 7.68. The van der Waals surface area contributed by atoms with Crippen LogP contribution < -0.4 is 10.2 Å². The van der Waals surface area contributed by atoms with Gasteiger partial charge in [-0.15, -0.1) is 0 Å². The highest BCUT2D eigenvalue weighted by atomic mass is 16.1. The number of carbonyl (C=O) groups excluding carboxylic acids is 1. The Morgan fingerprint density at radius 2 is 1.44 bits per heavy atom. The molecule has 45 heavy (non-hydrogen) atoms. The number of fused-ring (bicyclic) bond motifs is 6. The van der Waals surface area contributed by atoms with Crippen LogP contribution in [-0.2, 0) is 15.6 Å². The van der Waals surface area contributed by atoms with Gasteiger partial charge in [-0.1, -0.05) is 93.1 Å². The highest BCUT2D eigenvalue weighted by Gasteiger charge is 2.44. The maximum absolute atomic E-state index is 11.7. The number of benzene rings is 4. The molecule has 0 saturated heterocycles. The van der Waals surface area contributed by atoms with E-state index >= 15 is 0 Å². The third-order valence-electron chi connectivity index (χ3n) is 9.94. The summed E-state index contributed by atoms with van der Waals surface area (Å²) >= 11 is 0. The van der Waals surface area contributed by atoms with E-state index in [4.69, 9.17) is 0 Å². The fraction of sp³-hybridized carbons (Fsp3) is 0.317. The number of unbranched alkanes of at least 4 members (excludes halogenated alkanes) is 2. The minimum absolute atomic E-state index is 0.0987. The van der Waals surface area contributed by atoms with Gasteiger partial charge in [0, 0.05) is 54.5 Å². The Labute approximate surface area is 268 Å². The van der Waals surface area contributed by atoms with Gasteiger partial charge in [-0.05, 0) is 72.0 Å². The van der Waals surface area contributed by atoms with Gasteiger partial charge in [0.25, 0.3) is 0 Å². The number of carbonyl (C=O) groups is 1. The molecule has 0 aliphatic carbocycles. The fourth-order valence-electron chi connectivity index (χ4n) is 7.68. The molecule has 1 amide bonds. The molecule has 4 aromatic carbocycles. The van der Waals surface area contributed by atoms with E-state index in [1.807, 2.05) is 0 Å². The molecule has 2 aliphatic heterocycles. The third kappa shape index (κ3) is 5.41. The van der Waals surface area contributed by atoms with Crippen molar-refractivity contribution in [1.82, 2.24) is 5.32 Å². The highest BCUT2D eigenvalue weighted by Crippen LogP contribution is 2.51. The first-order chi connectivity index (χ1) is 21.7. The van der Waals surface area contributed by atoms with Crippen LogP contribution in [0.5, 0.6) is 0 Å². The van der Waals surface area contributed by atoms with E-state index in [0.717, 1.165) is 25.8 Å². The van der Waals surface area contributed by atoms with Gasteiger partial charge in [0.2, 0.25) is 11.6 Å². The monoisotopic (exact) mass is 596 g/mol. The van der Waals surface area contributed by atoms with Crippen LogP contribution >= 0.6 is 0 Å². The van der Waals surface area contributed by atoms with Crippen LogP contribution in [0.15, 0.2) is 109 Å². The Bertz CT molecular complexity index is 1900. The summed E-state index contributed by atoms with van der Waals surface area (Å²) in [5.74, 6) is 0.121. The predicted octanol–water partition coefficient (Wildman–Crippen LogP) is 9.10. The molecule has 4 nitrogen and oxygen atoms in total. The van der Waals surface area contributed by atoms with Gasteiger partial charge in [-0.3, -0.25) is 4.79 Å². The van der Waals surface area contributed by atoms with Crippen LogP contribution in [0.3, 0.4) is 0 Å². The minimum atomic E-state index is -0.141. The van der Waals surface area contributed by atoms with Crippen LogP contribution in [0.25, 0.3) is 21.5 Å². The van der Waals surface area contributed by atoms with Crippen LogP contribution in [0.2, 0.25) is 0 Å². The molecule has 0 bridgehead atoms. The number of nitrogens with one attached hydrogen (secondary N) is 1. The molecule has 2 aliphatic rings. The first kappa shape index (κ1) is 30.6. The van der Waals surface area contributed by atoms with E-state index in [9.17, 15) is 4.79 Å². The zero-order valence-electron chi connectivity index (χ0n) is 27.7. The number of hydrogen-bond donors (Lipinski definition) is 1. The third-order valence-corrected chi connectivity index (χ3v) is 9.94. The molecule has 0 unspecified atom stereocenters. The van der Waals surface area contributed by atoms with Crippen molar-refractivity contribution in [3.05, 3.63) is 120 Å². The number of rotatable bonds is 9. The van der Waals surface area contributed by atoms with Crippen molar-refractivity contribution < 1.29 is 9.37 Å². The van der Waals surface area contributed by atoms with E-state index in [1.165, 1.54) is 55.5 Å². The van der Waals surface area contributed by atoms with E-state index < -0.39 is 0 Å². The van der Waals surface area contributed by atoms with Gasteiger partial charge in [0.05, 0.1) is 5.41 Å². The molecule has 2 heterocycles. The number of amides is 1. The maximum Gasteiger partial charge on any atom is 0.219 e. The molecule has 0 fully saturated rings. The number of hydrogen-bond acceptors (Lipinski definition) is 2. The van der Waals surface area contributed by atoms with Crippen molar-refractivity contribution >= 4 is 44.5 Å². The first-order valence-electron chi connectivity index (χ1n) is 16.4. The van der Waals surface area contributed by atoms with Crippen LogP contribution in [-0.4, -0.2) is 36.8 Å². The second-order valence-corrected chi connectivity index (χ2v) is 13.5. The predicted molar refractivity (Wildman–Crippen MR) is 191 cm³/mol. The Morgan fingerprint density at radius 3 is 2.16 bits per heavy atom. The standard InChI is InChI=1S/C41H45N3O/c1-40(2)35(43(6)33-26-24-29-17-12-14-19-31(29)38(33)40)21-9-7-10-22-36-41(3,4)39-32-20-15-13-18-30(32)25-27-34(39)44(36)28-16-8-11-23-37(45)42-5/h7,9-10,12-15,17-22,24-27H,8,11,16,23,28H2,1-6H3/p+1. The Balaban J connectivity index is 1.27. The normalized spacial score (nSPS) is 17.7. The summed E-state index contributed by atoms with van der Waals surface area (Å²) in [4.78, 5) is 14.2. The average molecular weight is 597 g/mol. The minimum Gasteiger partial charge on any atom is -0.359 e. The van der Waals surface area contributed by atoms with E-state index in [0.29, 0.717) is 6.42 Å². The molecule has 4 aromatic rings. The average Bonchev–Trinajstić information content (AvgIpc) is 3.38. The van der Waals surface area contributed by atoms with Crippen LogP contribution in [0, 0.1) is 0 Å². The van der Waals surface area contributed by atoms with Gasteiger partial charge < -0.3 is 10.2 Å². The summed E-state index contributed by atoms with van der Waals surface area (Å²) in [5.41, 5.74) is 7.76. The zero-order chi connectivity index (χ0) is 31.8. The largest absolute Gasteiger partial charge is 0.359 e. The number of nitrogens with zero attached hydrogens (tertiary/aromatic N) is 2. The van der Waals surface area contributed by atoms with Gasteiger partial charge in [0.15, 0.2) is 5.71 Å². The lowest BCUT2D eigenvalue weighted by Crippen LogP contribution is -2.27. The molecule has 6 rings (SSSR count). The molecule has 230 valence electrons. The van der Waals surface area contributed by atoms with Crippen molar-refractivity contribution in [2.24, 2.45) is 0 Å². The number of allylic oxidation sites excluding steroid dienone is 6. The maximum atomic E-state index is 11.7. The smallest absolute Gasteiger partial charge is 0.219 e. The second-order valence-electron chi connectivity index (χ2n) is 13.5. The first-order valence-corrected chi connectivity index (χ1v) is 16.4. The van der Waals surface area contributed by atoms with Gasteiger partial charge in [-0.25, -0.2) is 0 Å². The van der Waals surface area contributed by atoms with Gasteiger partial charge in [0.1, 0.15) is 7.05 Å². The highest BCUT2D eigenvalue weighted by molar-refractivity contribution is 6.07. The lowest BCUT2D eigenvalue weighted by Gasteiger charge is -2.27. The summed E-state index contributed by atoms with van der Waals surface area (Å²) in [6, 6.07) is 26.5. The topological polar surface area (TPSA) is 35.4 Å². The van der Waals surface area contributed by atoms with Gasteiger partial charge in [-0.2, -0.15) is 4.58 Å². The second kappa shape index (κ2) is 12.2. The van der Waals surface area contributed by atoms with Crippen LogP contribution in [0.4, 0.5) is 11.4 Å². The summed E-state index contributed by atoms with van der Waals surface area (Å²) in [6.07, 6.45) is 14.7. The van der Waals surface area contributed by atoms with Crippen molar-refractivity contribution in [3.63, 3.8) is 0 Å². The lowest BCUT2D eigenvalue weighted by molar-refractivity contribution is -0.401. The summed E-state index contributed by atoms with van der Waals surface area (Å²) in [6.45, 7) is 10.3. The van der Waals surface area contributed by atoms with E-state index in [1.54, 1.807) is 7.05 Å². The Hall–Kier alpha value is -4.44. The van der Waals surface area contributed by atoms with Crippen molar-refractivity contribution in [1.29, 1.82) is 0 Å². The Morgan fingerprint density at radius 1 is 0.778 bits per heavy atom. The molecule has 0 spiro atoms. The van der Waals surface area contributed by atoms with Crippen molar-refractivity contribution in [2.75, 3.05) is 25.5 Å². The summed E-state index contributed by atoms with van der Waals surface area (Å²) in [7, 11) is 3.89. The quantitative estimate of drug-likeness (QED) is 0.119. The molecular weight excluding hydrogens is 550 g/mol. The molecule has 0 atom stereocenters. The van der Waals surface area contributed by atoms with E-state index in [-0.39, 0.29) is 16.7 Å². The zero-order valence-corrected chi connectivity index (χ0v) is 27.7. The molecule has 0 aromatic heterocycles. The van der Waals surface area contributed by atoms with Crippen LogP contribution in [0.1, 0.15) is 64.5 Å². The van der Waals surface area contributed by atoms with Crippen molar-refractivity contribution in [3.8, 4) is 0 Å². The van der Waals surface area contributed by atoms with Crippen molar-refractivity contribution in [2.45, 2.75) is 64.2 Å². The molecule has 1 N–H and O–H groups in total. The summed E-state index contributed by atoms with van der Waals surface area (Å²) in [5, 5.41) is 7.97. The molecule has 0 saturated carbocycles. The SMILES string of the molecule is CNC(=O)CCCCCN1C(=CC=CC=CC2=[N+](C)c3ccc4ccccc4c3C2(C)C)C(C)(C)c2c1ccc1ccccc21. The molecule has 4 heteroatoms. The van der Waals surface area contributed by atoms with Gasteiger partial charge >= 0.3 is 0 Å².